The quantitative estimate of drug-likeness (QED) is 0.728. The number of rotatable bonds is 7. The van der Waals surface area contributed by atoms with Crippen LogP contribution in [0.2, 0.25) is 0 Å². The Morgan fingerprint density at radius 1 is 1.48 bits per heavy atom. The van der Waals surface area contributed by atoms with E-state index >= 15 is 0 Å². The number of imidazole rings is 1. The molecule has 5 nitrogen and oxygen atoms in total. The lowest BCUT2D eigenvalue weighted by molar-refractivity contribution is -0.121. The second-order valence-electron chi connectivity index (χ2n) is 5.01. The first-order chi connectivity index (χ1) is 10.1. The summed E-state index contributed by atoms with van der Waals surface area (Å²) in [6.45, 7) is 1.97. The zero-order valence-electron chi connectivity index (χ0n) is 12.3. The minimum Gasteiger partial charge on any atom is -0.395 e. The van der Waals surface area contributed by atoms with Crippen LogP contribution in [0.4, 0.5) is 0 Å². The predicted molar refractivity (Wildman–Crippen MR) is 86.4 cm³/mol. The van der Waals surface area contributed by atoms with Crippen LogP contribution in [-0.4, -0.2) is 45.1 Å². The summed E-state index contributed by atoms with van der Waals surface area (Å²) in [5, 5.41) is 12.2. The van der Waals surface area contributed by atoms with Crippen LogP contribution < -0.4 is 5.32 Å². The standard InChI is InChI=1S/C15H21N3O2S/c1-10(13(9-19)21-2)16-15(20)8-7-14-17-11-5-3-4-6-12(11)18-14/h3-6,10,13,19H,7-9H2,1-2H3,(H,16,20)(H,17,18). The van der Waals surface area contributed by atoms with Gasteiger partial charge in [-0.05, 0) is 25.3 Å². The van der Waals surface area contributed by atoms with Crippen LogP contribution >= 0.6 is 11.8 Å². The summed E-state index contributed by atoms with van der Waals surface area (Å²) in [5.74, 6) is 0.804. The molecule has 0 radical (unpaired) electrons. The van der Waals surface area contributed by atoms with E-state index in [1.807, 2.05) is 37.4 Å². The van der Waals surface area contributed by atoms with Crippen molar-refractivity contribution in [2.45, 2.75) is 31.1 Å². The maximum absolute atomic E-state index is 11.9. The van der Waals surface area contributed by atoms with E-state index in [4.69, 9.17) is 0 Å². The number of carbonyl (C=O) groups excluding carboxylic acids is 1. The molecule has 0 saturated heterocycles. The Labute approximate surface area is 128 Å². The van der Waals surface area contributed by atoms with Crippen molar-refractivity contribution in [3.8, 4) is 0 Å². The molecule has 21 heavy (non-hydrogen) atoms. The van der Waals surface area contributed by atoms with Crippen molar-refractivity contribution < 1.29 is 9.90 Å². The normalized spacial score (nSPS) is 14.0. The molecule has 2 aromatic rings. The summed E-state index contributed by atoms with van der Waals surface area (Å²) in [6, 6.07) is 7.77. The number of aliphatic hydroxyl groups excluding tert-OH is 1. The molecule has 0 aliphatic carbocycles. The Bertz CT molecular complexity index is 562. The molecule has 0 bridgehead atoms. The van der Waals surface area contributed by atoms with Gasteiger partial charge in [0.2, 0.25) is 5.91 Å². The summed E-state index contributed by atoms with van der Waals surface area (Å²) in [4.78, 5) is 19.6. The van der Waals surface area contributed by atoms with E-state index in [1.54, 1.807) is 11.8 Å². The number of amides is 1. The maximum atomic E-state index is 11.9. The average molecular weight is 307 g/mol. The first-order valence-corrected chi connectivity index (χ1v) is 8.29. The zero-order valence-corrected chi connectivity index (χ0v) is 13.1. The number of benzene rings is 1. The van der Waals surface area contributed by atoms with Crippen molar-refractivity contribution in [2.75, 3.05) is 12.9 Å². The number of thioether (sulfide) groups is 1. The molecule has 2 rings (SSSR count). The number of hydrogen-bond acceptors (Lipinski definition) is 4. The lowest BCUT2D eigenvalue weighted by Gasteiger charge is -2.21. The number of nitrogens with one attached hydrogen (secondary N) is 2. The minimum absolute atomic E-state index is 0.0181. The third-order valence-corrected chi connectivity index (χ3v) is 4.62. The first-order valence-electron chi connectivity index (χ1n) is 7.00. The van der Waals surface area contributed by atoms with E-state index in [0.717, 1.165) is 16.9 Å². The SMILES string of the molecule is CSC(CO)C(C)NC(=O)CCc1nc2ccccc2[nH]1. The number of aromatic amines is 1. The summed E-state index contributed by atoms with van der Waals surface area (Å²) >= 11 is 1.55. The fourth-order valence-corrected chi connectivity index (χ4v) is 2.84. The van der Waals surface area contributed by atoms with Gasteiger partial charge in [0.05, 0.1) is 17.6 Å². The highest BCUT2D eigenvalue weighted by atomic mass is 32.2. The van der Waals surface area contributed by atoms with Crippen LogP contribution in [0.15, 0.2) is 24.3 Å². The molecule has 0 aliphatic heterocycles. The molecular formula is C15H21N3O2S. The number of nitrogens with zero attached hydrogens (tertiary/aromatic N) is 1. The van der Waals surface area contributed by atoms with Gasteiger partial charge >= 0.3 is 0 Å². The van der Waals surface area contributed by atoms with Gasteiger partial charge in [0.25, 0.3) is 0 Å². The molecule has 1 aromatic carbocycles. The maximum Gasteiger partial charge on any atom is 0.220 e. The van der Waals surface area contributed by atoms with E-state index < -0.39 is 0 Å². The topological polar surface area (TPSA) is 78.0 Å². The number of aryl methyl sites for hydroxylation is 1. The van der Waals surface area contributed by atoms with E-state index in [-0.39, 0.29) is 23.8 Å². The first kappa shape index (κ1) is 15.9. The average Bonchev–Trinajstić information content (AvgIpc) is 2.89. The van der Waals surface area contributed by atoms with Crippen LogP contribution in [0.3, 0.4) is 0 Å². The van der Waals surface area contributed by atoms with Gasteiger partial charge in [0, 0.05) is 24.1 Å². The molecule has 1 aromatic heterocycles. The number of H-pyrrole nitrogens is 1. The van der Waals surface area contributed by atoms with Crippen LogP contribution in [0.5, 0.6) is 0 Å². The van der Waals surface area contributed by atoms with Crippen molar-refractivity contribution in [3.05, 3.63) is 30.1 Å². The number of aromatic nitrogens is 2. The Hall–Kier alpha value is -1.53. The van der Waals surface area contributed by atoms with Gasteiger partial charge < -0.3 is 15.4 Å². The molecule has 114 valence electrons. The Kier molecular flexibility index (Phi) is 5.64. The molecular weight excluding hydrogens is 286 g/mol. The summed E-state index contributed by atoms with van der Waals surface area (Å²) in [6.07, 6.45) is 2.89. The van der Waals surface area contributed by atoms with Gasteiger partial charge in [-0.2, -0.15) is 11.8 Å². The molecule has 1 amide bonds. The lowest BCUT2D eigenvalue weighted by atomic mass is 10.2. The molecule has 1 heterocycles. The smallest absolute Gasteiger partial charge is 0.220 e. The second kappa shape index (κ2) is 7.47. The molecule has 6 heteroatoms. The third kappa shape index (κ3) is 4.22. The van der Waals surface area contributed by atoms with Gasteiger partial charge in [0.15, 0.2) is 0 Å². The summed E-state index contributed by atoms with van der Waals surface area (Å²) < 4.78 is 0. The van der Waals surface area contributed by atoms with Crippen molar-refractivity contribution in [3.63, 3.8) is 0 Å². The number of fused-ring (bicyclic) bond motifs is 1. The Morgan fingerprint density at radius 2 is 2.24 bits per heavy atom. The monoisotopic (exact) mass is 307 g/mol. The zero-order chi connectivity index (χ0) is 15.2. The lowest BCUT2D eigenvalue weighted by Crippen LogP contribution is -2.41. The fraction of sp³-hybridized carbons (Fsp3) is 0.467. The molecule has 0 aliphatic rings. The predicted octanol–water partition coefficient (Wildman–Crippen LogP) is 1.72. The van der Waals surface area contributed by atoms with Crippen molar-refractivity contribution >= 4 is 28.7 Å². The number of carbonyl (C=O) groups is 1. The highest BCUT2D eigenvalue weighted by Gasteiger charge is 2.17. The van der Waals surface area contributed by atoms with E-state index in [9.17, 15) is 9.90 Å². The van der Waals surface area contributed by atoms with Crippen LogP contribution in [0, 0.1) is 0 Å². The van der Waals surface area contributed by atoms with Gasteiger partial charge in [0.1, 0.15) is 5.82 Å². The van der Waals surface area contributed by atoms with Crippen LogP contribution in [-0.2, 0) is 11.2 Å². The number of aliphatic hydroxyl groups is 1. The largest absolute Gasteiger partial charge is 0.395 e. The second-order valence-corrected chi connectivity index (χ2v) is 6.09. The molecule has 0 spiro atoms. The van der Waals surface area contributed by atoms with E-state index in [1.165, 1.54) is 0 Å². The van der Waals surface area contributed by atoms with Gasteiger partial charge in [-0.25, -0.2) is 4.98 Å². The van der Waals surface area contributed by atoms with Gasteiger partial charge in [-0.1, -0.05) is 12.1 Å². The van der Waals surface area contributed by atoms with Gasteiger partial charge in [-0.15, -0.1) is 0 Å². The summed E-state index contributed by atoms with van der Waals surface area (Å²) in [7, 11) is 0. The molecule has 2 atom stereocenters. The number of hydrogen-bond donors (Lipinski definition) is 3. The Morgan fingerprint density at radius 3 is 2.90 bits per heavy atom. The van der Waals surface area contributed by atoms with Crippen LogP contribution in [0.1, 0.15) is 19.2 Å². The number of para-hydroxylation sites is 2. The minimum atomic E-state index is -0.0480. The van der Waals surface area contributed by atoms with Crippen molar-refractivity contribution in [2.24, 2.45) is 0 Å². The third-order valence-electron chi connectivity index (χ3n) is 3.46. The Balaban J connectivity index is 1.86. The van der Waals surface area contributed by atoms with E-state index in [0.29, 0.717) is 12.8 Å². The highest BCUT2D eigenvalue weighted by Crippen LogP contribution is 2.12. The molecule has 0 saturated carbocycles. The molecule has 0 fully saturated rings. The van der Waals surface area contributed by atoms with Gasteiger partial charge in [-0.3, -0.25) is 4.79 Å². The highest BCUT2D eigenvalue weighted by molar-refractivity contribution is 7.99. The summed E-state index contributed by atoms with van der Waals surface area (Å²) in [5.41, 5.74) is 1.91. The van der Waals surface area contributed by atoms with Crippen molar-refractivity contribution in [1.82, 2.24) is 15.3 Å². The van der Waals surface area contributed by atoms with Crippen LogP contribution in [0.25, 0.3) is 11.0 Å². The van der Waals surface area contributed by atoms with Crippen molar-refractivity contribution in [1.29, 1.82) is 0 Å². The van der Waals surface area contributed by atoms with E-state index in [2.05, 4.69) is 15.3 Å². The molecule has 2 unspecified atom stereocenters. The fourth-order valence-electron chi connectivity index (χ4n) is 2.21. The molecule has 3 N–H and O–H groups in total.